The first-order valence-corrected chi connectivity index (χ1v) is 11.0. The molecule has 0 aliphatic heterocycles. The Hall–Kier alpha value is -4.50. The summed E-state index contributed by atoms with van der Waals surface area (Å²) in [5.41, 5.74) is 8.05. The molecule has 1 aromatic heterocycles. The highest BCUT2D eigenvalue weighted by molar-refractivity contribution is 7.80. The van der Waals surface area contributed by atoms with E-state index in [0.29, 0.717) is 33.7 Å². The first-order valence-electron chi connectivity index (χ1n) is 10.6. The van der Waals surface area contributed by atoms with Gasteiger partial charge in [0, 0.05) is 22.6 Å². The quantitative estimate of drug-likeness (QED) is 0.291. The largest absolute Gasteiger partial charge is 0.497 e. The fraction of sp³-hybridized carbons (Fsp3) is 0.0769. The second-order valence-corrected chi connectivity index (χ2v) is 7.81. The molecule has 0 unspecified atom stereocenters. The molecule has 35 heavy (non-hydrogen) atoms. The normalized spacial score (nSPS) is 10.3. The minimum Gasteiger partial charge on any atom is -0.497 e. The van der Waals surface area contributed by atoms with Crippen LogP contribution in [0.15, 0.2) is 78.9 Å². The van der Waals surface area contributed by atoms with Crippen LogP contribution in [0.2, 0.25) is 0 Å². The number of aromatic nitrogens is 1. The summed E-state index contributed by atoms with van der Waals surface area (Å²) in [6.45, 7) is 0. The molecule has 0 radical (unpaired) electrons. The number of para-hydroxylation sites is 1. The van der Waals surface area contributed by atoms with Gasteiger partial charge in [-0.25, -0.2) is 4.98 Å². The highest BCUT2D eigenvalue weighted by atomic mass is 32.1. The van der Waals surface area contributed by atoms with E-state index in [0.717, 1.165) is 5.56 Å². The van der Waals surface area contributed by atoms with Crippen molar-refractivity contribution >= 4 is 40.0 Å². The number of rotatable bonds is 5. The van der Waals surface area contributed by atoms with Crippen LogP contribution in [0.5, 0.6) is 11.5 Å². The Morgan fingerprint density at radius 2 is 1.46 bits per heavy atom. The molecule has 0 fully saturated rings. The summed E-state index contributed by atoms with van der Waals surface area (Å²) < 4.78 is 10.4. The van der Waals surface area contributed by atoms with Crippen LogP contribution in [-0.4, -0.2) is 36.1 Å². The summed E-state index contributed by atoms with van der Waals surface area (Å²) in [6.07, 6.45) is 0. The maximum atomic E-state index is 13.1. The Labute approximate surface area is 207 Å². The zero-order chi connectivity index (χ0) is 24.8. The maximum absolute atomic E-state index is 13.1. The Kier molecular flexibility index (Phi) is 7.18. The lowest BCUT2D eigenvalue weighted by molar-refractivity contribution is 0.0936. The van der Waals surface area contributed by atoms with Gasteiger partial charge in [-0.15, -0.1) is 0 Å². The minimum atomic E-state index is -0.491. The van der Waals surface area contributed by atoms with Crippen molar-refractivity contribution in [3.63, 3.8) is 0 Å². The number of nitrogens with zero attached hydrogens (tertiary/aromatic N) is 1. The van der Waals surface area contributed by atoms with E-state index in [2.05, 4.69) is 21.2 Å². The number of ether oxygens (including phenoxy) is 2. The van der Waals surface area contributed by atoms with E-state index in [9.17, 15) is 9.59 Å². The summed E-state index contributed by atoms with van der Waals surface area (Å²) in [4.78, 5) is 30.4. The van der Waals surface area contributed by atoms with Crippen molar-refractivity contribution in [2.45, 2.75) is 0 Å². The Balaban J connectivity index is 1.49. The lowest BCUT2D eigenvalue weighted by atomic mass is 10.0. The first-order chi connectivity index (χ1) is 17.0. The lowest BCUT2D eigenvalue weighted by Crippen LogP contribution is -2.48. The highest BCUT2D eigenvalue weighted by Gasteiger charge is 2.15. The van der Waals surface area contributed by atoms with E-state index in [4.69, 9.17) is 21.7 Å². The Morgan fingerprint density at radius 1 is 0.800 bits per heavy atom. The second-order valence-electron chi connectivity index (χ2n) is 7.40. The molecule has 2 amide bonds. The summed E-state index contributed by atoms with van der Waals surface area (Å²) >= 11 is 5.19. The third-order valence-corrected chi connectivity index (χ3v) is 5.36. The highest BCUT2D eigenvalue weighted by Crippen LogP contribution is 2.25. The number of hydrazine groups is 1. The number of amides is 2. The second kappa shape index (κ2) is 10.6. The number of carbonyl (C=O) groups is 2. The van der Waals surface area contributed by atoms with Crippen molar-refractivity contribution in [2.75, 3.05) is 14.2 Å². The molecule has 176 valence electrons. The van der Waals surface area contributed by atoms with Gasteiger partial charge in [0.2, 0.25) is 0 Å². The van der Waals surface area contributed by atoms with Gasteiger partial charge in [0.05, 0.1) is 31.0 Å². The smallest absolute Gasteiger partial charge is 0.270 e. The number of benzene rings is 3. The van der Waals surface area contributed by atoms with E-state index < -0.39 is 11.8 Å². The zero-order valence-corrected chi connectivity index (χ0v) is 19.8. The van der Waals surface area contributed by atoms with Crippen LogP contribution in [0.1, 0.15) is 20.7 Å². The van der Waals surface area contributed by atoms with Crippen molar-refractivity contribution in [1.82, 2.24) is 21.2 Å². The predicted octanol–water partition coefficient (Wildman–Crippen LogP) is 3.87. The SMILES string of the molecule is COc1cc(OC)cc(C(=O)NC(=S)NNC(=O)c2cc(-c3ccccc3)nc3ccccc23)c1. The molecular formula is C26H22N4O4S. The maximum Gasteiger partial charge on any atom is 0.270 e. The molecule has 4 rings (SSSR count). The van der Waals surface area contributed by atoms with Gasteiger partial charge in [0.1, 0.15) is 11.5 Å². The van der Waals surface area contributed by atoms with Crippen LogP contribution < -0.4 is 25.6 Å². The molecule has 3 N–H and O–H groups in total. The van der Waals surface area contributed by atoms with Gasteiger partial charge < -0.3 is 9.47 Å². The summed E-state index contributed by atoms with van der Waals surface area (Å²) in [5.74, 6) is -0.00367. The summed E-state index contributed by atoms with van der Waals surface area (Å²) in [7, 11) is 2.98. The van der Waals surface area contributed by atoms with Crippen molar-refractivity contribution in [3.05, 3.63) is 90.0 Å². The van der Waals surface area contributed by atoms with Gasteiger partial charge in [-0.1, -0.05) is 48.5 Å². The zero-order valence-electron chi connectivity index (χ0n) is 19.0. The number of thiocarbonyl (C=S) groups is 1. The van der Waals surface area contributed by atoms with Crippen LogP contribution in [0.25, 0.3) is 22.2 Å². The molecule has 0 atom stereocenters. The molecule has 0 saturated heterocycles. The molecule has 4 aromatic rings. The van der Waals surface area contributed by atoms with Crippen molar-refractivity contribution in [2.24, 2.45) is 0 Å². The third-order valence-electron chi connectivity index (χ3n) is 5.16. The van der Waals surface area contributed by atoms with Crippen LogP contribution in [0, 0.1) is 0 Å². The fourth-order valence-electron chi connectivity index (χ4n) is 3.45. The molecule has 0 aliphatic rings. The molecule has 9 heteroatoms. The standard InChI is InChI=1S/C26H22N4O4S/c1-33-18-12-17(13-19(14-18)34-2)24(31)28-26(35)30-29-25(32)21-15-23(16-8-4-3-5-9-16)27-22-11-7-6-10-20(21)22/h3-15H,1-2H3,(H,29,32)(H2,28,30,31,35). The van der Waals surface area contributed by atoms with Crippen LogP contribution in [0.4, 0.5) is 0 Å². The average Bonchev–Trinajstić information content (AvgIpc) is 2.91. The van der Waals surface area contributed by atoms with Gasteiger partial charge in [-0.05, 0) is 36.5 Å². The monoisotopic (exact) mass is 486 g/mol. The molecule has 0 bridgehead atoms. The van der Waals surface area contributed by atoms with Gasteiger partial charge >= 0.3 is 0 Å². The molecule has 0 aliphatic carbocycles. The lowest BCUT2D eigenvalue weighted by Gasteiger charge is -2.13. The average molecular weight is 487 g/mol. The van der Waals surface area contributed by atoms with Gasteiger partial charge in [0.25, 0.3) is 11.8 Å². The number of fused-ring (bicyclic) bond motifs is 1. The minimum absolute atomic E-state index is 0.0771. The van der Waals surface area contributed by atoms with Gasteiger partial charge in [0.15, 0.2) is 5.11 Å². The summed E-state index contributed by atoms with van der Waals surface area (Å²) in [6, 6.07) is 23.4. The van der Waals surface area contributed by atoms with Crippen LogP contribution in [-0.2, 0) is 0 Å². The van der Waals surface area contributed by atoms with Crippen molar-refractivity contribution < 1.29 is 19.1 Å². The Bertz CT molecular complexity index is 1390. The van der Waals surface area contributed by atoms with Crippen LogP contribution >= 0.6 is 12.2 Å². The predicted molar refractivity (Wildman–Crippen MR) is 137 cm³/mol. The van der Waals surface area contributed by atoms with Gasteiger partial charge in [-0.2, -0.15) is 0 Å². The molecule has 8 nitrogen and oxygen atoms in total. The van der Waals surface area contributed by atoms with E-state index >= 15 is 0 Å². The molecule has 0 spiro atoms. The number of hydrogen-bond donors (Lipinski definition) is 3. The van der Waals surface area contributed by atoms with E-state index in [1.165, 1.54) is 14.2 Å². The van der Waals surface area contributed by atoms with Gasteiger partial charge in [-0.3, -0.25) is 25.8 Å². The first kappa shape index (κ1) is 23.7. The number of hydrogen-bond acceptors (Lipinski definition) is 6. The van der Waals surface area contributed by atoms with Crippen LogP contribution in [0.3, 0.4) is 0 Å². The third kappa shape index (κ3) is 5.53. The van der Waals surface area contributed by atoms with Crippen molar-refractivity contribution in [1.29, 1.82) is 0 Å². The molecule has 3 aromatic carbocycles. The molecular weight excluding hydrogens is 464 g/mol. The number of carbonyl (C=O) groups excluding carboxylic acids is 2. The molecule has 1 heterocycles. The van der Waals surface area contributed by atoms with Crippen molar-refractivity contribution in [3.8, 4) is 22.8 Å². The van der Waals surface area contributed by atoms with E-state index in [1.807, 2.05) is 54.6 Å². The topological polar surface area (TPSA) is 102 Å². The Morgan fingerprint density at radius 3 is 2.14 bits per heavy atom. The van der Waals surface area contributed by atoms with E-state index in [-0.39, 0.29) is 10.7 Å². The number of nitrogens with one attached hydrogen (secondary N) is 3. The summed E-state index contributed by atoms with van der Waals surface area (Å²) in [5, 5.41) is 3.13. The number of pyridine rings is 1. The fourth-order valence-corrected chi connectivity index (χ4v) is 3.59. The number of methoxy groups -OCH3 is 2. The molecule has 0 saturated carbocycles. The van der Waals surface area contributed by atoms with E-state index in [1.54, 1.807) is 24.3 Å².